The Morgan fingerprint density at radius 1 is 0.923 bits per heavy atom. The summed E-state index contributed by atoms with van der Waals surface area (Å²) < 4.78 is 16.1. The van der Waals surface area contributed by atoms with E-state index in [1.54, 1.807) is 7.11 Å². The van der Waals surface area contributed by atoms with E-state index in [2.05, 4.69) is 34.1 Å². The second-order valence-electron chi connectivity index (χ2n) is 6.46. The van der Waals surface area contributed by atoms with Gasteiger partial charge in [-0.05, 0) is 48.4 Å². The highest BCUT2D eigenvalue weighted by Crippen LogP contribution is 2.32. The van der Waals surface area contributed by atoms with Gasteiger partial charge in [0.05, 0.1) is 7.11 Å². The molecule has 2 aliphatic rings. The van der Waals surface area contributed by atoms with Crippen molar-refractivity contribution in [2.45, 2.75) is 6.42 Å². The average Bonchev–Trinajstić information content (AvgIpc) is 3.15. The Labute approximate surface area is 160 Å². The van der Waals surface area contributed by atoms with Crippen molar-refractivity contribution in [3.63, 3.8) is 0 Å². The average molecular weight is 377 g/mol. The molecule has 0 bridgehead atoms. The molecule has 0 spiro atoms. The number of rotatable bonds is 5. The van der Waals surface area contributed by atoms with Gasteiger partial charge < -0.3 is 19.1 Å². The third kappa shape index (κ3) is 4.17. The summed E-state index contributed by atoms with van der Waals surface area (Å²) in [6.45, 7) is 5.73. The Kier molecular flexibility index (Phi) is 6.12. The SMILES string of the molecule is COc1ccc(N2CCN(CCc3ccc4c(c3)OCO4)CC2)cc1.Cl. The van der Waals surface area contributed by atoms with Gasteiger partial charge in [-0.15, -0.1) is 12.4 Å². The molecule has 0 aliphatic carbocycles. The first kappa shape index (κ1) is 18.7. The Morgan fingerprint density at radius 3 is 2.38 bits per heavy atom. The van der Waals surface area contributed by atoms with Crippen molar-refractivity contribution in [1.82, 2.24) is 4.90 Å². The molecule has 0 radical (unpaired) electrons. The number of hydrogen-bond donors (Lipinski definition) is 0. The lowest BCUT2D eigenvalue weighted by molar-refractivity contribution is 0.174. The number of halogens is 1. The largest absolute Gasteiger partial charge is 0.497 e. The highest BCUT2D eigenvalue weighted by molar-refractivity contribution is 5.85. The molecule has 0 saturated carbocycles. The summed E-state index contributed by atoms with van der Waals surface area (Å²) in [6.07, 6.45) is 1.04. The zero-order valence-electron chi connectivity index (χ0n) is 15.0. The smallest absolute Gasteiger partial charge is 0.231 e. The third-order valence-corrected chi connectivity index (χ3v) is 4.96. The number of anilines is 1. The van der Waals surface area contributed by atoms with Gasteiger partial charge in [-0.1, -0.05) is 6.07 Å². The van der Waals surface area contributed by atoms with Crippen molar-refractivity contribution < 1.29 is 14.2 Å². The fourth-order valence-electron chi connectivity index (χ4n) is 3.41. The molecule has 5 nitrogen and oxygen atoms in total. The number of benzene rings is 2. The van der Waals surface area contributed by atoms with E-state index in [1.165, 1.54) is 11.3 Å². The number of ether oxygens (including phenoxy) is 3. The maximum atomic E-state index is 5.46. The lowest BCUT2D eigenvalue weighted by Gasteiger charge is -2.36. The predicted molar refractivity (Wildman–Crippen MR) is 105 cm³/mol. The van der Waals surface area contributed by atoms with E-state index in [0.717, 1.165) is 56.4 Å². The number of piperazine rings is 1. The summed E-state index contributed by atoms with van der Waals surface area (Å²) in [5, 5.41) is 0. The molecule has 1 saturated heterocycles. The van der Waals surface area contributed by atoms with Crippen LogP contribution in [-0.2, 0) is 6.42 Å². The second kappa shape index (κ2) is 8.52. The molecule has 2 aromatic carbocycles. The molecule has 26 heavy (non-hydrogen) atoms. The topological polar surface area (TPSA) is 34.2 Å². The van der Waals surface area contributed by atoms with E-state index in [-0.39, 0.29) is 12.4 Å². The van der Waals surface area contributed by atoms with Gasteiger partial charge in [0, 0.05) is 38.4 Å². The summed E-state index contributed by atoms with van der Waals surface area (Å²) in [7, 11) is 1.70. The van der Waals surface area contributed by atoms with Gasteiger partial charge in [-0.2, -0.15) is 0 Å². The fraction of sp³-hybridized carbons (Fsp3) is 0.400. The van der Waals surface area contributed by atoms with E-state index in [9.17, 15) is 0 Å². The summed E-state index contributed by atoms with van der Waals surface area (Å²) in [6, 6.07) is 14.6. The normalized spacial score (nSPS) is 16.3. The minimum Gasteiger partial charge on any atom is -0.497 e. The van der Waals surface area contributed by atoms with Crippen LogP contribution >= 0.6 is 12.4 Å². The lowest BCUT2D eigenvalue weighted by Crippen LogP contribution is -2.46. The molecule has 0 amide bonds. The van der Waals surface area contributed by atoms with Crippen LogP contribution in [0.3, 0.4) is 0 Å². The molecular formula is C20H25ClN2O3. The summed E-state index contributed by atoms with van der Waals surface area (Å²) >= 11 is 0. The molecule has 2 aliphatic heterocycles. The molecule has 0 atom stereocenters. The number of fused-ring (bicyclic) bond motifs is 1. The molecule has 0 aromatic heterocycles. The van der Waals surface area contributed by atoms with Crippen molar-refractivity contribution in [2.24, 2.45) is 0 Å². The van der Waals surface area contributed by atoms with Crippen LogP contribution in [0.5, 0.6) is 17.2 Å². The zero-order valence-corrected chi connectivity index (χ0v) is 15.8. The van der Waals surface area contributed by atoms with Crippen molar-refractivity contribution in [1.29, 1.82) is 0 Å². The van der Waals surface area contributed by atoms with Crippen LogP contribution in [0.15, 0.2) is 42.5 Å². The zero-order chi connectivity index (χ0) is 17.1. The number of hydrogen-bond acceptors (Lipinski definition) is 5. The maximum absolute atomic E-state index is 5.46. The first-order valence-electron chi connectivity index (χ1n) is 8.82. The monoisotopic (exact) mass is 376 g/mol. The summed E-state index contributed by atoms with van der Waals surface area (Å²) in [5.74, 6) is 2.64. The summed E-state index contributed by atoms with van der Waals surface area (Å²) in [4.78, 5) is 4.97. The van der Waals surface area contributed by atoms with E-state index in [4.69, 9.17) is 14.2 Å². The van der Waals surface area contributed by atoms with Crippen molar-refractivity contribution in [3.05, 3.63) is 48.0 Å². The van der Waals surface area contributed by atoms with Crippen molar-refractivity contribution >= 4 is 18.1 Å². The van der Waals surface area contributed by atoms with Crippen LogP contribution in [0.1, 0.15) is 5.56 Å². The van der Waals surface area contributed by atoms with Crippen molar-refractivity contribution in [2.75, 3.05) is 51.5 Å². The Bertz CT molecular complexity index is 715. The van der Waals surface area contributed by atoms with Crippen LogP contribution in [0.4, 0.5) is 5.69 Å². The minimum absolute atomic E-state index is 0. The second-order valence-corrected chi connectivity index (χ2v) is 6.46. The highest BCUT2D eigenvalue weighted by atomic mass is 35.5. The van der Waals surface area contributed by atoms with Gasteiger partial charge >= 0.3 is 0 Å². The molecule has 140 valence electrons. The van der Waals surface area contributed by atoms with E-state index >= 15 is 0 Å². The predicted octanol–water partition coefficient (Wildman–Crippen LogP) is 3.21. The minimum atomic E-state index is 0. The van der Waals surface area contributed by atoms with Crippen LogP contribution in [0, 0.1) is 0 Å². The maximum Gasteiger partial charge on any atom is 0.231 e. The van der Waals surface area contributed by atoms with Gasteiger partial charge in [-0.25, -0.2) is 0 Å². The fourth-order valence-corrected chi connectivity index (χ4v) is 3.41. The molecule has 0 unspecified atom stereocenters. The first-order chi connectivity index (χ1) is 12.3. The van der Waals surface area contributed by atoms with Crippen LogP contribution in [0.25, 0.3) is 0 Å². The summed E-state index contributed by atoms with van der Waals surface area (Å²) in [5.41, 5.74) is 2.58. The van der Waals surface area contributed by atoms with E-state index in [1.807, 2.05) is 18.2 Å². The Hall–Kier alpha value is -2.11. The van der Waals surface area contributed by atoms with Crippen LogP contribution in [-0.4, -0.2) is 51.5 Å². The number of methoxy groups -OCH3 is 1. The molecule has 0 N–H and O–H groups in total. The van der Waals surface area contributed by atoms with Gasteiger partial charge in [0.25, 0.3) is 0 Å². The lowest BCUT2D eigenvalue weighted by atomic mass is 10.1. The van der Waals surface area contributed by atoms with Gasteiger partial charge in [-0.3, -0.25) is 4.90 Å². The van der Waals surface area contributed by atoms with Crippen molar-refractivity contribution in [3.8, 4) is 17.2 Å². The first-order valence-corrected chi connectivity index (χ1v) is 8.82. The quantitative estimate of drug-likeness (QED) is 0.800. The van der Waals surface area contributed by atoms with Gasteiger partial charge in [0.15, 0.2) is 11.5 Å². The van der Waals surface area contributed by atoms with E-state index in [0.29, 0.717) is 6.79 Å². The van der Waals surface area contributed by atoms with E-state index < -0.39 is 0 Å². The number of nitrogens with zero attached hydrogens (tertiary/aromatic N) is 2. The van der Waals surface area contributed by atoms with Crippen LogP contribution < -0.4 is 19.1 Å². The Balaban J connectivity index is 0.00000196. The molecule has 4 rings (SSSR count). The van der Waals surface area contributed by atoms with Crippen LogP contribution in [0.2, 0.25) is 0 Å². The molecule has 2 aromatic rings. The third-order valence-electron chi connectivity index (χ3n) is 4.96. The molecular weight excluding hydrogens is 352 g/mol. The van der Waals surface area contributed by atoms with Gasteiger partial charge in [0.2, 0.25) is 6.79 Å². The standard InChI is InChI=1S/C20H24N2O3.ClH/c1-23-18-5-3-17(4-6-18)22-12-10-21(11-13-22)9-8-16-2-7-19-20(14-16)25-15-24-19;/h2-7,14H,8-13,15H2,1H3;1H. The molecule has 2 heterocycles. The van der Waals surface area contributed by atoms with Gasteiger partial charge in [0.1, 0.15) is 5.75 Å². The Morgan fingerprint density at radius 2 is 1.65 bits per heavy atom. The molecule has 6 heteroatoms. The molecule has 1 fully saturated rings. The highest BCUT2D eigenvalue weighted by Gasteiger charge is 2.18.